The molecule has 0 aliphatic carbocycles. The van der Waals surface area contributed by atoms with Gasteiger partial charge >= 0.3 is 0 Å². The van der Waals surface area contributed by atoms with Crippen molar-refractivity contribution in [3.63, 3.8) is 0 Å². The van der Waals surface area contributed by atoms with Crippen molar-refractivity contribution in [1.82, 2.24) is 15.1 Å². The molecule has 1 aliphatic rings. The first kappa shape index (κ1) is 16.5. The van der Waals surface area contributed by atoms with Crippen molar-refractivity contribution in [3.8, 4) is 0 Å². The van der Waals surface area contributed by atoms with E-state index in [4.69, 9.17) is 0 Å². The van der Waals surface area contributed by atoms with Crippen molar-refractivity contribution in [3.05, 3.63) is 35.9 Å². The van der Waals surface area contributed by atoms with Gasteiger partial charge in [0.15, 0.2) is 0 Å². The molecule has 21 heavy (non-hydrogen) atoms. The Labute approximate surface area is 130 Å². The lowest BCUT2D eigenvalue weighted by Gasteiger charge is -2.41. The van der Waals surface area contributed by atoms with Gasteiger partial charge in [0.2, 0.25) is 0 Å². The van der Waals surface area contributed by atoms with Gasteiger partial charge in [0.1, 0.15) is 0 Å². The van der Waals surface area contributed by atoms with Crippen LogP contribution in [0.2, 0.25) is 0 Å². The van der Waals surface area contributed by atoms with Gasteiger partial charge < -0.3 is 10.2 Å². The minimum Gasteiger partial charge on any atom is -0.309 e. The first-order chi connectivity index (χ1) is 10.1. The maximum atomic E-state index is 3.68. The number of rotatable bonds is 6. The molecule has 1 saturated heterocycles. The Hall–Kier alpha value is -0.900. The highest BCUT2D eigenvalue weighted by atomic mass is 15.2. The first-order valence-electron chi connectivity index (χ1n) is 8.32. The molecule has 0 radical (unpaired) electrons. The monoisotopic (exact) mass is 289 g/mol. The van der Waals surface area contributed by atoms with E-state index in [0.29, 0.717) is 18.1 Å². The molecule has 3 heteroatoms. The molecule has 0 aromatic heterocycles. The fourth-order valence-electron chi connectivity index (χ4n) is 3.42. The molecule has 1 heterocycles. The van der Waals surface area contributed by atoms with E-state index in [-0.39, 0.29) is 0 Å². The lowest BCUT2D eigenvalue weighted by Crippen LogP contribution is -2.49. The van der Waals surface area contributed by atoms with Crippen LogP contribution in [0.3, 0.4) is 0 Å². The molecular weight excluding hydrogens is 258 g/mol. The van der Waals surface area contributed by atoms with Crippen LogP contribution in [0.1, 0.15) is 38.3 Å². The van der Waals surface area contributed by atoms with E-state index in [0.717, 1.165) is 6.54 Å². The van der Waals surface area contributed by atoms with Crippen LogP contribution in [-0.4, -0.2) is 55.6 Å². The van der Waals surface area contributed by atoms with Crippen LogP contribution in [0.5, 0.6) is 0 Å². The molecule has 1 aromatic rings. The maximum Gasteiger partial charge on any atom is 0.0475 e. The van der Waals surface area contributed by atoms with Crippen molar-refractivity contribution in [2.45, 2.75) is 44.8 Å². The molecule has 1 aliphatic heterocycles. The summed E-state index contributed by atoms with van der Waals surface area (Å²) >= 11 is 0. The highest BCUT2D eigenvalue weighted by Gasteiger charge is 2.28. The Balaban J connectivity index is 2.05. The average Bonchev–Trinajstić information content (AvgIpc) is 2.53. The third kappa shape index (κ3) is 4.29. The number of likely N-dealkylation sites (N-methyl/N-ethyl adjacent to an activating group) is 2. The first-order valence-corrected chi connectivity index (χ1v) is 8.32. The van der Waals surface area contributed by atoms with Gasteiger partial charge in [-0.25, -0.2) is 0 Å². The molecule has 2 atom stereocenters. The van der Waals surface area contributed by atoms with Crippen molar-refractivity contribution >= 4 is 0 Å². The molecule has 3 nitrogen and oxygen atoms in total. The summed E-state index contributed by atoms with van der Waals surface area (Å²) in [4.78, 5) is 5.03. The highest BCUT2D eigenvalue weighted by molar-refractivity contribution is 5.20. The Morgan fingerprint density at radius 1 is 1.24 bits per heavy atom. The zero-order chi connectivity index (χ0) is 15.2. The maximum absolute atomic E-state index is 3.68. The minimum atomic E-state index is 0.404. The largest absolute Gasteiger partial charge is 0.309 e. The predicted molar refractivity (Wildman–Crippen MR) is 90.6 cm³/mol. The lowest BCUT2D eigenvalue weighted by molar-refractivity contribution is 0.0956. The Kier molecular flexibility index (Phi) is 6.22. The zero-order valence-corrected chi connectivity index (χ0v) is 14.0. The number of nitrogens with zero attached hydrogens (tertiary/aromatic N) is 2. The van der Waals surface area contributed by atoms with Gasteiger partial charge in [0, 0.05) is 18.1 Å². The Morgan fingerprint density at radius 2 is 1.86 bits per heavy atom. The van der Waals surface area contributed by atoms with E-state index in [2.05, 4.69) is 73.4 Å². The van der Waals surface area contributed by atoms with E-state index in [1.165, 1.54) is 31.5 Å². The van der Waals surface area contributed by atoms with E-state index in [1.807, 2.05) is 0 Å². The van der Waals surface area contributed by atoms with Gasteiger partial charge in [-0.05, 0) is 59.1 Å². The van der Waals surface area contributed by atoms with E-state index >= 15 is 0 Å². The molecule has 1 N–H and O–H groups in total. The summed E-state index contributed by atoms with van der Waals surface area (Å²) < 4.78 is 0. The summed E-state index contributed by atoms with van der Waals surface area (Å²) in [5, 5.41) is 3.68. The number of nitrogens with one attached hydrogen (secondary N) is 1. The van der Waals surface area contributed by atoms with E-state index in [9.17, 15) is 0 Å². The molecule has 2 rings (SSSR count). The normalized spacial score (nSPS) is 20.6. The molecule has 1 fully saturated rings. The molecule has 1 aromatic carbocycles. The van der Waals surface area contributed by atoms with Crippen LogP contribution in [0.4, 0.5) is 0 Å². The van der Waals surface area contributed by atoms with Gasteiger partial charge in [-0.3, -0.25) is 4.90 Å². The second kappa shape index (κ2) is 7.92. The topological polar surface area (TPSA) is 18.5 Å². The Bertz CT molecular complexity index is 398. The third-order valence-electron chi connectivity index (χ3n) is 4.97. The molecular formula is C18H31N3. The van der Waals surface area contributed by atoms with Crippen LogP contribution in [-0.2, 0) is 0 Å². The summed E-state index contributed by atoms with van der Waals surface area (Å²) in [6.07, 6.45) is 2.57. The number of hydrogen-bond donors (Lipinski definition) is 1. The molecule has 0 saturated carbocycles. The minimum absolute atomic E-state index is 0.404. The number of piperidine rings is 1. The number of hydrogen-bond acceptors (Lipinski definition) is 3. The summed E-state index contributed by atoms with van der Waals surface area (Å²) in [5.74, 6) is 0. The van der Waals surface area contributed by atoms with Gasteiger partial charge in [0.25, 0.3) is 0 Å². The van der Waals surface area contributed by atoms with Gasteiger partial charge in [-0.15, -0.1) is 0 Å². The summed E-state index contributed by atoms with van der Waals surface area (Å²) in [5.41, 5.74) is 1.40. The van der Waals surface area contributed by atoms with Crippen LogP contribution in [0, 0.1) is 0 Å². The molecule has 0 amide bonds. The highest BCUT2D eigenvalue weighted by Crippen LogP contribution is 2.24. The van der Waals surface area contributed by atoms with Crippen LogP contribution < -0.4 is 5.32 Å². The lowest BCUT2D eigenvalue weighted by atomic mass is 9.95. The summed E-state index contributed by atoms with van der Waals surface area (Å²) in [7, 11) is 4.53. The van der Waals surface area contributed by atoms with Crippen molar-refractivity contribution < 1.29 is 0 Å². The Morgan fingerprint density at radius 3 is 2.43 bits per heavy atom. The zero-order valence-electron chi connectivity index (χ0n) is 14.0. The van der Waals surface area contributed by atoms with Crippen molar-refractivity contribution in [2.75, 3.05) is 33.7 Å². The molecule has 0 bridgehead atoms. The third-order valence-corrected chi connectivity index (χ3v) is 4.97. The van der Waals surface area contributed by atoms with Gasteiger partial charge in [-0.2, -0.15) is 0 Å². The van der Waals surface area contributed by atoms with Crippen LogP contribution in [0.15, 0.2) is 30.3 Å². The fraction of sp³-hybridized carbons (Fsp3) is 0.667. The molecule has 2 unspecified atom stereocenters. The second-order valence-corrected chi connectivity index (χ2v) is 6.39. The second-order valence-electron chi connectivity index (χ2n) is 6.39. The predicted octanol–water partition coefficient (Wildman–Crippen LogP) is 2.75. The van der Waals surface area contributed by atoms with Gasteiger partial charge in [0.05, 0.1) is 0 Å². The summed E-state index contributed by atoms with van der Waals surface area (Å²) in [6, 6.07) is 12.5. The van der Waals surface area contributed by atoms with E-state index in [1.54, 1.807) is 0 Å². The van der Waals surface area contributed by atoms with E-state index < -0.39 is 0 Å². The molecule has 118 valence electrons. The summed E-state index contributed by atoms with van der Waals surface area (Å²) in [6.45, 7) is 8.00. The molecule has 0 spiro atoms. The SMILES string of the molecule is CCNC(c1ccccc1)C(C)N(C)C1CCN(C)CC1. The van der Waals surface area contributed by atoms with Crippen LogP contribution >= 0.6 is 0 Å². The van der Waals surface area contributed by atoms with Crippen molar-refractivity contribution in [2.24, 2.45) is 0 Å². The standard InChI is InChI=1S/C18H31N3/c1-5-19-18(16-9-7-6-8-10-16)15(2)21(4)17-11-13-20(3)14-12-17/h6-10,15,17-19H,5,11-14H2,1-4H3. The quantitative estimate of drug-likeness (QED) is 0.869. The number of benzene rings is 1. The van der Waals surface area contributed by atoms with Crippen molar-refractivity contribution in [1.29, 1.82) is 0 Å². The van der Waals surface area contributed by atoms with Crippen LogP contribution in [0.25, 0.3) is 0 Å². The fourth-order valence-corrected chi connectivity index (χ4v) is 3.42. The smallest absolute Gasteiger partial charge is 0.0475 e. The van der Waals surface area contributed by atoms with Gasteiger partial charge in [-0.1, -0.05) is 37.3 Å². The number of likely N-dealkylation sites (tertiary alicyclic amines) is 1. The average molecular weight is 289 g/mol.